The first-order valence-corrected chi connectivity index (χ1v) is 6.26. The maximum Gasteiger partial charge on any atom is 0.0637 e. The average Bonchev–Trinajstić information content (AvgIpc) is 2.30. The van der Waals surface area contributed by atoms with E-state index < -0.39 is 0 Å². The summed E-state index contributed by atoms with van der Waals surface area (Å²) in [6.07, 6.45) is 0. The Balaban J connectivity index is 2.00. The maximum atomic E-state index is 5.48. The van der Waals surface area contributed by atoms with Crippen molar-refractivity contribution in [3.63, 3.8) is 0 Å². The van der Waals surface area contributed by atoms with Gasteiger partial charge in [-0.2, -0.15) is 0 Å². The second kappa shape index (κ2) is 5.52. The predicted molar refractivity (Wildman–Crippen MR) is 71.8 cm³/mol. The van der Waals surface area contributed by atoms with Crippen LogP contribution in [0.25, 0.3) is 0 Å². The molecule has 1 unspecified atom stereocenters. The standard InChI is InChI=1S/C14H22N2O/c1-11-4-5-14(12(2)8-11)16(3)9-13-10-17-7-6-15-13/h4-5,8,13,15H,6-7,9-10H2,1-3H3. The molecule has 1 atom stereocenters. The topological polar surface area (TPSA) is 24.5 Å². The van der Waals surface area contributed by atoms with Gasteiger partial charge in [0.2, 0.25) is 0 Å². The van der Waals surface area contributed by atoms with E-state index in [2.05, 4.69) is 49.3 Å². The Labute approximate surface area is 104 Å². The molecule has 1 fully saturated rings. The van der Waals surface area contributed by atoms with Gasteiger partial charge < -0.3 is 15.0 Å². The van der Waals surface area contributed by atoms with Crippen LogP contribution in [-0.2, 0) is 4.74 Å². The Morgan fingerprint density at radius 1 is 1.41 bits per heavy atom. The number of rotatable bonds is 3. The van der Waals surface area contributed by atoms with Gasteiger partial charge in [-0.15, -0.1) is 0 Å². The van der Waals surface area contributed by atoms with Gasteiger partial charge in [-0.3, -0.25) is 0 Å². The van der Waals surface area contributed by atoms with Crippen molar-refractivity contribution in [2.75, 3.05) is 38.3 Å². The number of ether oxygens (including phenoxy) is 1. The summed E-state index contributed by atoms with van der Waals surface area (Å²) in [6, 6.07) is 7.05. The van der Waals surface area contributed by atoms with Crippen LogP contribution in [0.4, 0.5) is 5.69 Å². The van der Waals surface area contributed by atoms with Crippen molar-refractivity contribution in [1.29, 1.82) is 0 Å². The highest BCUT2D eigenvalue weighted by Crippen LogP contribution is 2.20. The number of aryl methyl sites for hydroxylation is 2. The minimum Gasteiger partial charge on any atom is -0.378 e. The van der Waals surface area contributed by atoms with Gasteiger partial charge in [0, 0.05) is 31.9 Å². The Kier molecular flexibility index (Phi) is 4.02. The Bertz CT molecular complexity index is 372. The van der Waals surface area contributed by atoms with Gasteiger partial charge in [0.05, 0.1) is 13.2 Å². The molecule has 0 aromatic heterocycles. The summed E-state index contributed by atoms with van der Waals surface area (Å²) < 4.78 is 5.48. The molecule has 1 aliphatic heterocycles. The van der Waals surface area contributed by atoms with E-state index in [1.807, 2.05) is 0 Å². The van der Waals surface area contributed by atoms with Gasteiger partial charge in [0.25, 0.3) is 0 Å². The highest BCUT2D eigenvalue weighted by molar-refractivity contribution is 5.53. The molecule has 0 spiro atoms. The van der Waals surface area contributed by atoms with Crippen LogP contribution in [0.3, 0.4) is 0 Å². The van der Waals surface area contributed by atoms with Crippen LogP contribution >= 0.6 is 0 Å². The summed E-state index contributed by atoms with van der Waals surface area (Å²) >= 11 is 0. The summed E-state index contributed by atoms with van der Waals surface area (Å²) in [6.45, 7) is 7.91. The second-order valence-corrected chi connectivity index (χ2v) is 4.90. The molecule has 0 radical (unpaired) electrons. The third-order valence-electron chi connectivity index (χ3n) is 3.26. The van der Waals surface area contributed by atoms with E-state index in [4.69, 9.17) is 4.74 Å². The zero-order valence-electron chi connectivity index (χ0n) is 11.0. The molecule has 1 aliphatic rings. The highest BCUT2D eigenvalue weighted by Gasteiger charge is 2.15. The van der Waals surface area contributed by atoms with Gasteiger partial charge in [0.1, 0.15) is 0 Å². The molecular formula is C14H22N2O. The van der Waals surface area contributed by atoms with Crippen molar-refractivity contribution >= 4 is 5.69 Å². The monoisotopic (exact) mass is 234 g/mol. The van der Waals surface area contributed by atoms with E-state index in [0.29, 0.717) is 6.04 Å². The third kappa shape index (κ3) is 3.20. The smallest absolute Gasteiger partial charge is 0.0637 e. The Hall–Kier alpha value is -1.06. The average molecular weight is 234 g/mol. The maximum absolute atomic E-state index is 5.48. The fourth-order valence-electron chi connectivity index (χ4n) is 2.40. The Morgan fingerprint density at radius 2 is 2.24 bits per heavy atom. The fraction of sp³-hybridized carbons (Fsp3) is 0.571. The summed E-state index contributed by atoms with van der Waals surface area (Å²) in [7, 11) is 2.15. The van der Waals surface area contributed by atoms with Crippen LogP contribution in [0.15, 0.2) is 18.2 Å². The van der Waals surface area contributed by atoms with Crippen molar-refractivity contribution in [1.82, 2.24) is 5.32 Å². The number of likely N-dealkylation sites (N-methyl/N-ethyl adjacent to an activating group) is 1. The number of hydrogen-bond acceptors (Lipinski definition) is 3. The van der Waals surface area contributed by atoms with E-state index in [1.165, 1.54) is 16.8 Å². The molecule has 3 heteroatoms. The molecule has 1 N–H and O–H groups in total. The molecule has 1 heterocycles. The molecule has 0 saturated carbocycles. The van der Waals surface area contributed by atoms with Crippen LogP contribution in [0, 0.1) is 13.8 Å². The first-order chi connectivity index (χ1) is 8.16. The Morgan fingerprint density at radius 3 is 2.88 bits per heavy atom. The van der Waals surface area contributed by atoms with E-state index >= 15 is 0 Å². The second-order valence-electron chi connectivity index (χ2n) is 4.90. The largest absolute Gasteiger partial charge is 0.378 e. The zero-order valence-corrected chi connectivity index (χ0v) is 11.0. The van der Waals surface area contributed by atoms with E-state index in [9.17, 15) is 0 Å². The van der Waals surface area contributed by atoms with Crippen LogP contribution in [0.1, 0.15) is 11.1 Å². The molecule has 94 valence electrons. The van der Waals surface area contributed by atoms with Crippen molar-refractivity contribution < 1.29 is 4.74 Å². The van der Waals surface area contributed by atoms with Gasteiger partial charge in [-0.1, -0.05) is 17.7 Å². The van der Waals surface area contributed by atoms with Crippen molar-refractivity contribution in [3.05, 3.63) is 29.3 Å². The first-order valence-electron chi connectivity index (χ1n) is 6.26. The predicted octanol–water partition coefficient (Wildman–Crippen LogP) is 1.73. The van der Waals surface area contributed by atoms with E-state index in [1.54, 1.807) is 0 Å². The molecule has 1 aromatic carbocycles. The normalized spacial score (nSPS) is 20.3. The molecular weight excluding hydrogens is 212 g/mol. The lowest BCUT2D eigenvalue weighted by Gasteiger charge is -2.30. The van der Waals surface area contributed by atoms with Crippen molar-refractivity contribution in [3.8, 4) is 0 Å². The number of hydrogen-bond donors (Lipinski definition) is 1. The van der Waals surface area contributed by atoms with Crippen molar-refractivity contribution in [2.45, 2.75) is 19.9 Å². The van der Waals surface area contributed by atoms with Crippen molar-refractivity contribution in [2.24, 2.45) is 0 Å². The van der Waals surface area contributed by atoms with E-state index in [-0.39, 0.29) is 0 Å². The SMILES string of the molecule is Cc1ccc(N(C)CC2COCCN2)c(C)c1. The lowest BCUT2D eigenvalue weighted by Crippen LogP contribution is -2.47. The minimum absolute atomic E-state index is 0.439. The van der Waals surface area contributed by atoms with Crippen LogP contribution < -0.4 is 10.2 Å². The van der Waals surface area contributed by atoms with Gasteiger partial charge in [0.15, 0.2) is 0 Å². The molecule has 1 saturated heterocycles. The molecule has 0 amide bonds. The number of nitrogens with zero attached hydrogens (tertiary/aromatic N) is 1. The van der Waals surface area contributed by atoms with Crippen LogP contribution in [0.5, 0.6) is 0 Å². The zero-order chi connectivity index (χ0) is 12.3. The summed E-state index contributed by atoms with van der Waals surface area (Å²) in [5.74, 6) is 0. The van der Waals surface area contributed by atoms with Gasteiger partial charge >= 0.3 is 0 Å². The first kappa shape index (κ1) is 12.4. The van der Waals surface area contributed by atoms with Crippen LogP contribution in [-0.4, -0.2) is 39.4 Å². The molecule has 0 bridgehead atoms. The lowest BCUT2D eigenvalue weighted by molar-refractivity contribution is 0.0791. The lowest BCUT2D eigenvalue weighted by atomic mass is 10.1. The molecule has 1 aromatic rings. The fourth-order valence-corrected chi connectivity index (χ4v) is 2.40. The quantitative estimate of drug-likeness (QED) is 0.862. The van der Waals surface area contributed by atoms with Gasteiger partial charge in [-0.05, 0) is 25.5 Å². The summed E-state index contributed by atoms with van der Waals surface area (Å²) in [5, 5.41) is 3.48. The molecule has 2 rings (SSSR count). The number of nitrogens with one attached hydrogen (secondary N) is 1. The summed E-state index contributed by atoms with van der Waals surface area (Å²) in [4.78, 5) is 2.31. The number of benzene rings is 1. The minimum atomic E-state index is 0.439. The summed E-state index contributed by atoms with van der Waals surface area (Å²) in [5.41, 5.74) is 3.96. The number of anilines is 1. The highest BCUT2D eigenvalue weighted by atomic mass is 16.5. The van der Waals surface area contributed by atoms with E-state index in [0.717, 1.165) is 26.3 Å². The molecule has 17 heavy (non-hydrogen) atoms. The van der Waals surface area contributed by atoms with Crippen LogP contribution in [0.2, 0.25) is 0 Å². The number of morpholine rings is 1. The molecule has 3 nitrogen and oxygen atoms in total. The third-order valence-corrected chi connectivity index (χ3v) is 3.26. The van der Waals surface area contributed by atoms with Gasteiger partial charge in [-0.25, -0.2) is 0 Å². The molecule has 0 aliphatic carbocycles.